The number of nitrogens with one attached hydrogen (secondary N) is 1. The maximum atomic E-state index is 14.1. The molecule has 0 unspecified atom stereocenters. The third-order valence-electron chi connectivity index (χ3n) is 3.36. The molecule has 1 heterocycles. The van der Waals surface area contributed by atoms with Crippen LogP contribution in [0.3, 0.4) is 0 Å². The average Bonchev–Trinajstić information content (AvgIpc) is 2.45. The molecule has 0 bridgehead atoms. The molecule has 1 aliphatic rings. The first-order valence-electron chi connectivity index (χ1n) is 6.79. The van der Waals surface area contributed by atoms with Crippen LogP contribution in [0.5, 0.6) is 0 Å². The summed E-state index contributed by atoms with van der Waals surface area (Å²) in [5, 5.41) is 3.24. The van der Waals surface area contributed by atoms with Gasteiger partial charge in [0.15, 0.2) is 0 Å². The summed E-state index contributed by atoms with van der Waals surface area (Å²) in [4.78, 5) is 2.00. The van der Waals surface area contributed by atoms with Crippen LogP contribution in [-0.4, -0.2) is 49.1 Å². The molecule has 0 aliphatic carbocycles. The highest BCUT2D eigenvalue weighted by Crippen LogP contribution is 2.25. The Morgan fingerprint density at radius 3 is 2.85 bits per heavy atom. The third kappa shape index (κ3) is 4.01. The maximum Gasteiger partial charge on any atom is 0.146 e. The van der Waals surface area contributed by atoms with Crippen LogP contribution in [0.25, 0.3) is 0 Å². The normalized spacial score (nSPS) is 16.6. The van der Waals surface area contributed by atoms with E-state index in [9.17, 15) is 8.60 Å². The fraction of sp³-hybridized carbons (Fsp3) is 0.571. The van der Waals surface area contributed by atoms with Crippen molar-refractivity contribution in [3.63, 3.8) is 0 Å². The molecule has 2 rings (SSSR count). The number of methoxy groups -OCH3 is 1. The van der Waals surface area contributed by atoms with Gasteiger partial charge in [-0.05, 0) is 11.6 Å². The minimum atomic E-state index is -0.752. The van der Waals surface area contributed by atoms with E-state index < -0.39 is 10.8 Å². The summed E-state index contributed by atoms with van der Waals surface area (Å²) >= 11 is 0. The second-order valence-corrected chi connectivity index (χ2v) is 6.45. The van der Waals surface area contributed by atoms with Gasteiger partial charge in [-0.15, -0.1) is 0 Å². The van der Waals surface area contributed by atoms with Gasteiger partial charge in [-0.2, -0.15) is 0 Å². The first-order chi connectivity index (χ1) is 9.72. The molecular formula is C14H21FN2O2S. The lowest BCUT2D eigenvalue weighted by Gasteiger charge is -2.30. The fourth-order valence-corrected chi connectivity index (χ4v) is 3.37. The van der Waals surface area contributed by atoms with Crippen molar-refractivity contribution in [3.8, 4) is 0 Å². The van der Waals surface area contributed by atoms with Gasteiger partial charge in [-0.25, -0.2) is 4.39 Å². The van der Waals surface area contributed by atoms with Gasteiger partial charge in [0, 0.05) is 55.6 Å². The summed E-state index contributed by atoms with van der Waals surface area (Å²) in [6, 6.07) is 5.15. The molecule has 1 fully saturated rings. The minimum absolute atomic E-state index is 0.205. The summed E-state index contributed by atoms with van der Waals surface area (Å²) in [7, 11) is 0.904. The molecule has 0 aromatic heterocycles. The first kappa shape index (κ1) is 15.4. The van der Waals surface area contributed by atoms with Gasteiger partial charge in [-0.1, -0.05) is 12.1 Å². The number of hydrogen-bond acceptors (Lipinski definition) is 4. The molecule has 0 radical (unpaired) electrons. The molecule has 1 N–H and O–H groups in total. The smallest absolute Gasteiger partial charge is 0.146 e. The Hall–Kier alpha value is -0.980. The Morgan fingerprint density at radius 1 is 1.40 bits per heavy atom. The lowest BCUT2D eigenvalue weighted by Crippen LogP contribution is -2.39. The van der Waals surface area contributed by atoms with Crippen molar-refractivity contribution in [1.82, 2.24) is 5.32 Å². The lowest BCUT2D eigenvalue weighted by atomic mass is 10.1. The van der Waals surface area contributed by atoms with E-state index in [1.807, 2.05) is 11.0 Å². The van der Waals surface area contributed by atoms with E-state index in [1.165, 1.54) is 6.07 Å². The molecule has 1 aromatic carbocycles. The van der Waals surface area contributed by atoms with E-state index in [4.69, 9.17) is 4.74 Å². The third-order valence-corrected chi connectivity index (χ3v) is 4.64. The van der Waals surface area contributed by atoms with Crippen LogP contribution in [-0.2, 0) is 22.1 Å². The summed E-state index contributed by atoms with van der Waals surface area (Å²) in [6.07, 6.45) is 0. The molecule has 0 spiro atoms. The average molecular weight is 300 g/mol. The number of benzene rings is 1. The molecule has 0 amide bonds. The van der Waals surface area contributed by atoms with Crippen molar-refractivity contribution >= 4 is 16.5 Å². The molecule has 20 heavy (non-hydrogen) atoms. The lowest BCUT2D eigenvalue weighted by molar-refractivity contribution is 0.199. The summed E-state index contributed by atoms with van der Waals surface area (Å²) in [5.74, 6) is 1.03. The fourth-order valence-electron chi connectivity index (χ4n) is 2.32. The van der Waals surface area contributed by atoms with Crippen molar-refractivity contribution in [2.24, 2.45) is 0 Å². The molecule has 112 valence electrons. The van der Waals surface area contributed by atoms with E-state index in [2.05, 4.69) is 5.32 Å². The Labute approximate surface area is 121 Å². The van der Waals surface area contributed by atoms with Crippen LogP contribution in [0.1, 0.15) is 5.56 Å². The summed E-state index contributed by atoms with van der Waals surface area (Å²) < 4.78 is 30.5. The number of anilines is 1. The van der Waals surface area contributed by atoms with Gasteiger partial charge < -0.3 is 15.0 Å². The van der Waals surface area contributed by atoms with Crippen LogP contribution in [0.4, 0.5) is 10.1 Å². The van der Waals surface area contributed by atoms with E-state index in [0.717, 1.165) is 12.1 Å². The number of nitrogens with zero attached hydrogens (tertiary/aromatic N) is 1. The zero-order valence-electron chi connectivity index (χ0n) is 11.7. The topological polar surface area (TPSA) is 41.6 Å². The Balaban J connectivity index is 2.07. The van der Waals surface area contributed by atoms with Crippen molar-refractivity contribution in [2.45, 2.75) is 6.54 Å². The minimum Gasteiger partial charge on any atom is -0.383 e. The molecule has 0 atom stereocenters. The van der Waals surface area contributed by atoms with Crippen LogP contribution in [0.15, 0.2) is 18.2 Å². The van der Waals surface area contributed by atoms with E-state index in [1.54, 1.807) is 13.2 Å². The van der Waals surface area contributed by atoms with Gasteiger partial charge >= 0.3 is 0 Å². The Bertz CT molecular complexity index is 460. The molecule has 4 nitrogen and oxygen atoms in total. The maximum absolute atomic E-state index is 14.1. The predicted octanol–water partition coefficient (Wildman–Crippen LogP) is 1.13. The van der Waals surface area contributed by atoms with E-state index >= 15 is 0 Å². The van der Waals surface area contributed by atoms with Gasteiger partial charge in [0.05, 0.1) is 12.3 Å². The highest BCUT2D eigenvalue weighted by Gasteiger charge is 2.20. The monoisotopic (exact) mass is 300 g/mol. The number of halogens is 1. The van der Waals surface area contributed by atoms with Gasteiger partial charge in [0.2, 0.25) is 0 Å². The van der Waals surface area contributed by atoms with Crippen molar-refractivity contribution in [3.05, 3.63) is 29.6 Å². The van der Waals surface area contributed by atoms with Crippen LogP contribution in [0.2, 0.25) is 0 Å². The van der Waals surface area contributed by atoms with Gasteiger partial charge in [0.1, 0.15) is 5.82 Å². The largest absolute Gasteiger partial charge is 0.383 e. The molecule has 1 aliphatic heterocycles. The van der Waals surface area contributed by atoms with Crippen LogP contribution in [0, 0.1) is 5.82 Å². The number of para-hydroxylation sites is 1. The number of hydrogen-bond donors (Lipinski definition) is 1. The van der Waals surface area contributed by atoms with E-state index in [-0.39, 0.29) is 5.82 Å². The first-order valence-corrected chi connectivity index (χ1v) is 8.28. The molecule has 6 heteroatoms. The summed E-state index contributed by atoms with van der Waals surface area (Å²) in [6.45, 7) is 3.27. The van der Waals surface area contributed by atoms with Crippen molar-refractivity contribution < 1.29 is 13.3 Å². The summed E-state index contributed by atoms with van der Waals surface area (Å²) in [5.41, 5.74) is 1.59. The standard InChI is InChI=1S/C14H21FN2O2S/c1-19-8-5-16-11-12-3-2-4-13(15)14(12)17-6-9-20(18)10-7-17/h2-4,16H,5-11H2,1H3. The SMILES string of the molecule is COCCNCc1cccc(F)c1N1CCS(=O)CC1. The second-order valence-electron chi connectivity index (χ2n) is 4.75. The second kappa shape index (κ2) is 7.71. The van der Waals surface area contributed by atoms with E-state index in [0.29, 0.717) is 43.4 Å². The number of ether oxygens (including phenoxy) is 1. The number of rotatable bonds is 6. The highest BCUT2D eigenvalue weighted by molar-refractivity contribution is 7.85. The molecule has 1 saturated heterocycles. The molecule has 0 saturated carbocycles. The van der Waals surface area contributed by atoms with Crippen molar-refractivity contribution in [1.29, 1.82) is 0 Å². The van der Waals surface area contributed by atoms with Crippen molar-refractivity contribution in [2.75, 3.05) is 49.8 Å². The van der Waals surface area contributed by atoms with Crippen LogP contribution < -0.4 is 10.2 Å². The Morgan fingerprint density at radius 2 is 2.15 bits per heavy atom. The highest BCUT2D eigenvalue weighted by atomic mass is 32.2. The molecule has 1 aromatic rings. The zero-order chi connectivity index (χ0) is 14.4. The molecular weight excluding hydrogens is 279 g/mol. The zero-order valence-corrected chi connectivity index (χ0v) is 12.5. The van der Waals surface area contributed by atoms with Crippen LogP contribution >= 0.6 is 0 Å². The van der Waals surface area contributed by atoms with Gasteiger partial charge in [0.25, 0.3) is 0 Å². The van der Waals surface area contributed by atoms with Gasteiger partial charge in [-0.3, -0.25) is 4.21 Å². The Kier molecular flexibility index (Phi) is 5.94. The quantitative estimate of drug-likeness (QED) is 0.800. The predicted molar refractivity (Wildman–Crippen MR) is 80.1 cm³/mol.